The Morgan fingerprint density at radius 1 is 0.486 bits per heavy atom. The van der Waals surface area contributed by atoms with Crippen molar-refractivity contribution < 1.29 is 104 Å². The van der Waals surface area contributed by atoms with Crippen molar-refractivity contribution in [1.29, 1.82) is 0 Å². The summed E-state index contributed by atoms with van der Waals surface area (Å²) in [5.74, 6) is -17.9. The monoisotopic (exact) mass is 1180 g/mol. The molecule has 0 spiro atoms. The molecule has 8 aromatic carbocycles. The number of aromatic hydroxyl groups is 1. The number of benzene rings is 8. The topological polar surface area (TPSA) is 102 Å². The molecular weight excluding hydrogens is 1140 g/mol. The van der Waals surface area contributed by atoms with E-state index in [2.05, 4.69) is 0 Å². The van der Waals surface area contributed by atoms with Crippen LogP contribution in [0.15, 0.2) is 228 Å². The van der Waals surface area contributed by atoms with Crippen molar-refractivity contribution in [1.82, 2.24) is 0 Å². The Balaban J connectivity index is 0.000000169. The molecule has 1 aliphatic rings. The maximum absolute atomic E-state index is 13.9. The molecule has 0 bridgehead atoms. The third-order valence-corrected chi connectivity index (χ3v) is 18.7. The quantitative estimate of drug-likeness (QED) is 0.0669. The summed E-state index contributed by atoms with van der Waals surface area (Å²) in [5.41, 5.74) is -2.34. The number of hydrogen-bond donors (Lipinski definition) is 1. The van der Waals surface area contributed by atoms with Gasteiger partial charge in [-0.15, -0.1) is 0 Å². The van der Waals surface area contributed by atoms with Crippen LogP contribution in [-0.4, -0.2) is 28.9 Å². The molecule has 1 aliphatic carbocycles. The van der Waals surface area contributed by atoms with Gasteiger partial charge in [0.2, 0.25) is 5.78 Å². The summed E-state index contributed by atoms with van der Waals surface area (Å²) in [5, 5.41) is 15.2. The maximum Gasteiger partial charge on any atom is 0.460 e. The summed E-state index contributed by atoms with van der Waals surface area (Å²) in [4.78, 5) is 24.2. The van der Waals surface area contributed by atoms with Gasteiger partial charge in [-0.2, -0.15) is 30.7 Å². The summed E-state index contributed by atoms with van der Waals surface area (Å²) < 4.78 is 124. The first kappa shape index (κ1) is 55.7. The first-order chi connectivity index (χ1) is 34.7. The first-order valence-corrected chi connectivity index (χ1v) is 25.9. The predicted octanol–water partition coefficient (Wildman–Crippen LogP) is 12.5. The van der Waals surface area contributed by atoms with Crippen LogP contribution in [0.5, 0.6) is 5.75 Å². The Morgan fingerprint density at radius 3 is 1.15 bits per heavy atom. The summed E-state index contributed by atoms with van der Waals surface area (Å²) in [6.07, 6.45) is -6.80. The summed E-state index contributed by atoms with van der Waals surface area (Å²) >= 11 is 0. The molecule has 0 saturated heterocycles. The van der Waals surface area contributed by atoms with Gasteiger partial charge in [0.25, 0.3) is 0 Å². The Labute approximate surface area is 462 Å². The Morgan fingerprint density at radius 2 is 0.811 bits per heavy atom. The number of ketones is 1. The Bertz CT molecular complexity index is 3240. The van der Waals surface area contributed by atoms with Crippen molar-refractivity contribution in [2.24, 2.45) is 0 Å². The van der Waals surface area contributed by atoms with Crippen LogP contribution in [-0.2, 0) is 14.5 Å². The van der Waals surface area contributed by atoms with E-state index in [0.29, 0.717) is 16.7 Å². The van der Waals surface area contributed by atoms with Crippen LogP contribution in [0.25, 0.3) is 22.1 Å². The van der Waals surface area contributed by atoms with E-state index < -0.39 is 65.8 Å². The largest absolute Gasteiger partial charge is 0.506 e. The van der Waals surface area contributed by atoms with Gasteiger partial charge in [-0.3, -0.25) is 4.79 Å². The second-order valence-electron chi connectivity index (χ2n) is 17.4. The molecule has 0 aliphatic heterocycles. The van der Waals surface area contributed by atoms with E-state index >= 15 is 0 Å². The number of hydrogen-bond acceptors (Lipinski definition) is 6. The molecule has 0 fully saturated rings. The van der Waals surface area contributed by atoms with Crippen LogP contribution in [0.4, 0.5) is 30.7 Å². The van der Waals surface area contributed by atoms with E-state index in [1.165, 1.54) is 12.1 Å². The second-order valence-corrected chi connectivity index (χ2v) is 22.9. The molecule has 1 radical (unpaired) electrons. The van der Waals surface area contributed by atoms with Gasteiger partial charge in [-0.1, -0.05) is 220 Å². The van der Waals surface area contributed by atoms with Crippen molar-refractivity contribution in [3.63, 3.8) is 0 Å². The number of rotatable bonds is 9. The van der Waals surface area contributed by atoms with Crippen LogP contribution >= 0.6 is 14.3 Å². The fraction of sp³-hybridized carbons (Fsp3) is 0.103. The Kier molecular flexibility index (Phi) is 16.6. The average Bonchev–Trinajstić information content (AvgIpc) is 3.63. The summed E-state index contributed by atoms with van der Waals surface area (Å²) in [6.45, 7) is 3.69. The number of alkyl halides is 7. The van der Waals surface area contributed by atoms with E-state index in [1.54, 1.807) is 18.2 Å². The number of carbonyl (C=O) groups is 1. The van der Waals surface area contributed by atoms with Gasteiger partial charge in [0, 0.05) is 86.6 Å². The van der Waals surface area contributed by atoms with Crippen LogP contribution < -0.4 is 37.5 Å². The van der Waals surface area contributed by atoms with Crippen LogP contribution in [0.3, 0.4) is 0 Å². The molecule has 377 valence electrons. The van der Waals surface area contributed by atoms with Gasteiger partial charge in [-0.25, -0.2) is 4.79 Å². The molecule has 1 heterocycles. The van der Waals surface area contributed by atoms with Gasteiger partial charge in [0.15, 0.2) is 19.8 Å². The van der Waals surface area contributed by atoms with Crippen molar-refractivity contribution in [3.8, 4) is 16.9 Å². The molecule has 0 saturated carbocycles. The third kappa shape index (κ3) is 10.2. The van der Waals surface area contributed by atoms with Crippen LogP contribution in [0, 0.1) is 49.4 Å². The minimum absolute atomic E-state index is 0. The smallest absolute Gasteiger partial charge is 0.460 e. The molecule has 0 unspecified atom stereocenters. The zero-order valence-electron chi connectivity index (χ0n) is 39.2. The maximum atomic E-state index is 13.9. The molecule has 9 aromatic rings. The first-order valence-electron chi connectivity index (χ1n) is 22.5. The fourth-order valence-corrected chi connectivity index (χ4v) is 14.1. The SMILES string of the molecule is CC1(C)c2ccccc2-c2cc3c(O)c(C(=O)C(F)(F)C(F)(F)C(F)(F)F)c(=O)oc3cc21.O=P(c1ccccc1)(c1ccccc1)c1ccccc1.O=P(c1ccccc1)(c1ccccc1)c1ccccc1.[Eu]. The minimum Gasteiger partial charge on any atom is -0.506 e. The third-order valence-electron chi connectivity index (χ3n) is 12.6. The normalized spacial score (nSPS) is 12.9. The van der Waals surface area contributed by atoms with E-state index in [1.807, 2.05) is 202 Å². The molecule has 1 N–H and O–H groups in total. The molecule has 6 nitrogen and oxygen atoms in total. The average molecular weight is 1180 g/mol. The predicted molar refractivity (Wildman–Crippen MR) is 274 cm³/mol. The van der Waals surface area contributed by atoms with Crippen molar-refractivity contribution in [2.45, 2.75) is 37.3 Å². The summed E-state index contributed by atoms with van der Waals surface area (Å²) in [7, 11) is -5.55. The Hall–Kier alpha value is -6.01. The van der Waals surface area contributed by atoms with Gasteiger partial charge in [0.1, 0.15) is 11.3 Å². The zero-order valence-corrected chi connectivity index (χ0v) is 43.4. The summed E-state index contributed by atoms with van der Waals surface area (Å²) in [6, 6.07) is 67.8. The van der Waals surface area contributed by atoms with Gasteiger partial charge in [0.05, 0.1) is 5.39 Å². The zero-order chi connectivity index (χ0) is 52.4. The molecule has 1 aromatic heterocycles. The molecule has 0 atom stereocenters. The minimum atomic E-state index is -6.80. The molecular formula is C58H43EuF7O6P2. The number of fused-ring (bicyclic) bond motifs is 4. The molecule has 10 rings (SSSR count). The van der Waals surface area contributed by atoms with Crippen molar-refractivity contribution in [2.75, 3.05) is 0 Å². The number of halogens is 7. The van der Waals surface area contributed by atoms with E-state index in [4.69, 9.17) is 4.42 Å². The van der Waals surface area contributed by atoms with E-state index in [-0.39, 0.29) is 55.0 Å². The molecule has 16 heteroatoms. The van der Waals surface area contributed by atoms with Crippen molar-refractivity contribution >= 4 is 62.9 Å². The molecule has 74 heavy (non-hydrogen) atoms. The number of carbonyl (C=O) groups excluding carboxylic acids is 1. The van der Waals surface area contributed by atoms with E-state index in [9.17, 15) is 54.6 Å². The van der Waals surface area contributed by atoms with E-state index in [0.717, 1.165) is 37.4 Å². The van der Waals surface area contributed by atoms with Gasteiger partial charge in [-0.05, 0) is 34.4 Å². The van der Waals surface area contributed by atoms with Gasteiger partial charge >= 0.3 is 23.6 Å². The second kappa shape index (κ2) is 22.1. The standard InChI is InChI=1S/C22H13F7O4.2C18H15OP.Eu/c1-19(2)12-6-4-3-5-9(12)10-7-11-14(8-13(10)19)33-18(32)15(16(11)30)17(31)20(23,24)21(25,26)22(27,28)29;2*19-20(16-10-4-1-5-11-16,17-12-6-2-7-13-17)18-14-8-3-9-15-18;/h3-8,30H,1-2H3;2*1-15H;. The molecule has 0 amide bonds. The van der Waals surface area contributed by atoms with Crippen molar-refractivity contribution in [3.05, 3.63) is 245 Å². The van der Waals surface area contributed by atoms with Gasteiger partial charge < -0.3 is 18.7 Å². The van der Waals surface area contributed by atoms with Crippen LogP contribution in [0.2, 0.25) is 0 Å². The van der Waals surface area contributed by atoms with Crippen LogP contribution in [0.1, 0.15) is 35.3 Å². The fourth-order valence-electron chi connectivity index (χ4n) is 8.78. The number of Topliss-reactive ketones (excluding diaryl/α,β-unsaturated/α-hetero) is 1.